The molecule has 1 aliphatic carbocycles. The Balaban J connectivity index is 1.34. The van der Waals surface area contributed by atoms with E-state index in [-0.39, 0.29) is 12.1 Å². The number of amides is 1. The normalized spacial score (nSPS) is 26.2. The zero-order chi connectivity index (χ0) is 15.4. The molecule has 3 rings (SSSR count). The summed E-state index contributed by atoms with van der Waals surface area (Å²) in [5.41, 5.74) is 0.986. The summed E-state index contributed by atoms with van der Waals surface area (Å²) in [6.07, 6.45) is 2.95. The lowest BCUT2D eigenvalue weighted by molar-refractivity contribution is 0.0107. The number of alkyl halides is 1. The molecule has 22 heavy (non-hydrogen) atoms. The average molecular weight is 306 g/mol. The van der Waals surface area contributed by atoms with E-state index in [0.29, 0.717) is 25.7 Å². The summed E-state index contributed by atoms with van der Waals surface area (Å²) in [6.45, 7) is 1.47. The molecule has 1 aromatic rings. The summed E-state index contributed by atoms with van der Waals surface area (Å²) in [7, 11) is 0. The Morgan fingerprint density at radius 1 is 1.18 bits per heavy atom. The highest BCUT2D eigenvalue weighted by Crippen LogP contribution is 2.27. The minimum atomic E-state index is -0.635. The SMILES string of the molecule is O=C(NC1CCC(N2CC(F)C2)CC1)OCc1ccccc1. The number of likely N-dealkylation sites (tertiary alicyclic amines) is 1. The van der Waals surface area contributed by atoms with Gasteiger partial charge in [-0.25, -0.2) is 9.18 Å². The predicted octanol–water partition coefficient (Wildman–Crippen LogP) is 2.88. The molecule has 1 saturated carbocycles. The van der Waals surface area contributed by atoms with Crippen LogP contribution in [0.5, 0.6) is 0 Å². The summed E-state index contributed by atoms with van der Waals surface area (Å²) in [5, 5.41) is 2.94. The number of nitrogens with zero attached hydrogens (tertiary/aromatic N) is 1. The van der Waals surface area contributed by atoms with Crippen LogP contribution in [0.2, 0.25) is 0 Å². The molecule has 0 atom stereocenters. The molecule has 4 nitrogen and oxygen atoms in total. The third kappa shape index (κ3) is 3.97. The summed E-state index contributed by atoms with van der Waals surface area (Å²) >= 11 is 0. The van der Waals surface area contributed by atoms with Crippen molar-refractivity contribution in [3.63, 3.8) is 0 Å². The second-order valence-corrected chi connectivity index (χ2v) is 6.26. The van der Waals surface area contributed by atoms with E-state index in [9.17, 15) is 9.18 Å². The van der Waals surface area contributed by atoms with Gasteiger partial charge in [0, 0.05) is 25.2 Å². The highest BCUT2D eigenvalue weighted by molar-refractivity contribution is 5.67. The number of halogens is 1. The highest BCUT2D eigenvalue weighted by Gasteiger charge is 2.34. The molecular weight excluding hydrogens is 283 g/mol. The smallest absolute Gasteiger partial charge is 0.407 e. The second-order valence-electron chi connectivity index (χ2n) is 6.26. The molecule has 1 saturated heterocycles. The van der Waals surface area contributed by atoms with Gasteiger partial charge in [-0.2, -0.15) is 0 Å². The van der Waals surface area contributed by atoms with Crippen molar-refractivity contribution in [2.24, 2.45) is 0 Å². The van der Waals surface area contributed by atoms with Crippen LogP contribution in [-0.4, -0.2) is 42.3 Å². The van der Waals surface area contributed by atoms with Crippen molar-refractivity contribution in [1.82, 2.24) is 10.2 Å². The van der Waals surface area contributed by atoms with Crippen LogP contribution in [0, 0.1) is 0 Å². The van der Waals surface area contributed by atoms with E-state index in [1.807, 2.05) is 30.3 Å². The van der Waals surface area contributed by atoms with Crippen LogP contribution in [0.3, 0.4) is 0 Å². The topological polar surface area (TPSA) is 41.6 Å². The monoisotopic (exact) mass is 306 g/mol. The predicted molar refractivity (Wildman–Crippen MR) is 82.3 cm³/mol. The van der Waals surface area contributed by atoms with Crippen molar-refractivity contribution in [2.75, 3.05) is 13.1 Å². The van der Waals surface area contributed by atoms with Crippen molar-refractivity contribution in [3.05, 3.63) is 35.9 Å². The van der Waals surface area contributed by atoms with Crippen LogP contribution in [0.4, 0.5) is 9.18 Å². The molecule has 0 radical (unpaired) electrons. The third-order valence-electron chi connectivity index (χ3n) is 4.61. The van der Waals surface area contributed by atoms with Gasteiger partial charge in [-0.15, -0.1) is 0 Å². The lowest BCUT2D eigenvalue weighted by atomic mass is 9.88. The Morgan fingerprint density at radius 2 is 1.86 bits per heavy atom. The van der Waals surface area contributed by atoms with Crippen molar-refractivity contribution in [3.8, 4) is 0 Å². The number of hydrogen-bond acceptors (Lipinski definition) is 3. The maximum Gasteiger partial charge on any atom is 0.407 e. The summed E-state index contributed by atoms with van der Waals surface area (Å²) in [5.74, 6) is 0. The molecule has 0 aromatic heterocycles. The number of rotatable bonds is 4. The first-order valence-electron chi connectivity index (χ1n) is 8.06. The van der Waals surface area contributed by atoms with Gasteiger partial charge in [0.1, 0.15) is 12.8 Å². The maximum atomic E-state index is 12.9. The quantitative estimate of drug-likeness (QED) is 0.930. The van der Waals surface area contributed by atoms with Crippen molar-refractivity contribution in [1.29, 1.82) is 0 Å². The van der Waals surface area contributed by atoms with E-state index in [4.69, 9.17) is 4.74 Å². The molecule has 1 amide bonds. The van der Waals surface area contributed by atoms with Crippen LogP contribution in [0.15, 0.2) is 30.3 Å². The number of ether oxygens (including phenoxy) is 1. The van der Waals surface area contributed by atoms with Gasteiger partial charge >= 0.3 is 6.09 Å². The minimum Gasteiger partial charge on any atom is -0.445 e. The fourth-order valence-corrected chi connectivity index (χ4v) is 3.27. The number of benzene rings is 1. The molecule has 1 aromatic carbocycles. The van der Waals surface area contributed by atoms with E-state index < -0.39 is 6.17 Å². The van der Waals surface area contributed by atoms with Gasteiger partial charge in [-0.05, 0) is 31.2 Å². The van der Waals surface area contributed by atoms with Gasteiger partial charge < -0.3 is 10.1 Å². The standard InChI is InChI=1S/C17H23FN2O2/c18-14-10-20(11-14)16-8-6-15(7-9-16)19-17(21)22-12-13-4-2-1-3-5-13/h1-5,14-16H,6-12H2,(H,19,21). The summed E-state index contributed by atoms with van der Waals surface area (Å²) < 4.78 is 18.1. The maximum absolute atomic E-state index is 12.9. The molecule has 5 heteroatoms. The first kappa shape index (κ1) is 15.3. The lowest BCUT2D eigenvalue weighted by Gasteiger charge is -2.43. The van der Waals surface area contributed by atoms with E-state index in [1.165, 1.54) is 0 Å². The first-order chi connectivity index (χ1) is 10.7. The fourth-order valence-electron chi connectivity index (χ4n) is 3.27. The zero-order valence-corrected chi connectivity index (χ0v) is 12.7. The number of nitrogens with one attached hydrogen (secondary N) is 1. The Bertz CT molecular complexity index is 483. The van der Waals surface area contributed by atoms with E-state index in [2.05, 4.69) is 10.2 Å². The number of carbonyl (C=O) groups is 1. The molecule has 0 bridgehead atoms. The fraction of sp³-hybridized carbons (Fsp3) is 0.588. The minimum absolute atomic E-state index is 0.182. The Labute approximate surface area is 130 Å². The second kappa shape index (κ2) is 7.09. The Kier molecular flexibility index (Phi) is 4.93. The van der Waals surface area contributed by atoms with Gasteiger partial charge in [-0.3, -0.25) is 4.90 Å². The first-order valence-corrected chi connectivity index (χ1v) is 8.06. The van der Waals surface area contributed by atoms with E-state index in [0.717, 1.165) is 31.2 Å². The van der Waals surface area contributed by atoms with Gasteiger partial charge in [0.15, 0.2) is 0 Å². The third-order valence-corrected chi connectivity index (χ3v) is 4.61. The van der Waals surface area contributed by atoms with Crippen LogP contribution in [0.25, 0.3) is 0 Å². The number of alkyl carbamates (subject to hydrolysis) is 1. The van der Waals surface area contributed by atoms with Crippen molar-refractivity contribution < 1.29 is 13.9 Å². The Hall–Kier alpha value is -1.62. The molecule has 0 spiro atoms. The van der Waals surface area contributed by atoms with Crippen LogP contribution >= 0.6 is 0 Å². The number of carbonyl (C=O) groups excluding carboxylic acids is 1. The molecule has 120 valence electrons. The molecular formula is C17H23FN2O2. The molecule has 1 N–H and O–H groups in total. The van der Waals surface area contributed by atoms with Crippen LogP contribution < -0.4 is 5.32 Å². The van der Waals surface area contributed by atoms with Crippen LogP contribution in [-0.2, 0) is 11.3 Å². The number of hydrogen-bond donors (Lipinski definition) is 1. The molecule has 1 aliphatic heterocycles. The summed E-state index contributed by atoms with van der Waals surface area (Å²) in [6, 6.07) is 10.3. The van der Waals surface area contributed by atoms with Gasteiger partial charge in [0.05, 0.1) is 0 Å². The van der Waals surface area contributed by atoms with Crippen molar-refractivity contribution >= 4 is 6.09 Å². The lowest BCUT2D eigenvalue weighted by Crippen LogP contribution is -2.55. The molecule has 2 fully saturated rings. The summed E-state index contributed by atoms with van der Waals surface area (Å²) in [4.78, 5) is 14.0. The highest BCUT2D eigenvalue weighted by atomic mass is 19.1. The Morgan fingerprint density at radius 3 is 2.50 bits per heavy atom. The molecule has 2 aliphatic rings. The van der Waals surface area contributed by atoms with Gasteiger partial charge in [0.2, 0.25) is 0 Å². The van der Waals surface area contributed by atoms with Crippen molar-refractivity contribution in [2.45, 2.75) is 50.5 Å². The van der Waals surface area contributed by atoms with E-state index in [1.54, 1.807) is 0 Å². The van der Waals surface area contributed by atoms with E-state index >= 15 is 0 Å². The van der Waals surface area contributed by atoms with Gasteiger partial charge in [0.25, 0.3) is 0 Å². The van der Waals surface area contributed by atoms with Crippen LogP contribution in [0.1, 0.15) is 31.2 Å². The molecule has 0 unspecified atom stereocenters. The zero-order valence-electron chi connectivity index (χ0n) is 12.7. The average Bonchev–Trinajstić information content (AvgIpc) is 2.52. The largest absolute Gasteiger partial charge is 0.445 e. The van der Waals surface area contributed by atoms with Gasteiger partial charge in [-0.1, -0.05) is 30.3 Å². The molecule has 1 heterocycles.